The van der Waals surface area contributed by atoms with E-state index in [0.717, 1.165) is 9.14 Å². The van der Waals surface area contributed by atoms with Crippen LogP contribution in [0.25, 0.3) is 0 Å². The van der Waals surface area contributed by atoms with Gasteiger partial charge < -0.3 is 18.6 Å². The number of carbonyl (C=O) groups excluding carboxylic acids is 3. The van der Waals surface area contributed by atoms with E-state index in [1.165, 1.54) is 18.8 Å². The molecule has 1 saturated carbocycles. The molecule has 0 N–H and O–H groups in total. The number of hydrogen-bond acceptors (Lipinski definition) is 7. The van der Waals surface area contributed by atoms with Crippen LogP contribution in [0.3, 0.4) is 0 Å². The third kappa shape index (κ3) is 3.43. The standard InChI is InChI=1S/C27H29IO7/c1-13-16(15-7-9-33-12-15)10-18(21(13)28)34-22-14(2)17(11-20(30)32-5)27(4)19(29)6-8-26(3)24(27)23(22)35-25(26)31/h6-9,12,16-18,22-24H,2,10-11H2,1,3-5H3/t16-,17-,18-,22-,23-,24-,26+,27-/m0/s1. The average Bonchev–Trinajstić information content (AvgIpc) is 3.52. The van der Waals surface area contributed by atoms with E-state index in [1.54, 1.807) is 25.5 Å². The molecule has 1 aromatic rings. The fourth-order valence-electron chi connectivity index (χ4n) is 6.75. The van der Waals surface area contributed by atoms with Crippen LogP contribution < -0.4 is 0 Å². The number of ketones is 1. The second-order valence-corrected chi connectivity index (χ2v) is 11.6. The molecule has 8 atom stereocenters. The Morgan fingerprint density at radius 2 is 2.06 bits per heavy atom. The molecule has 4 aliphatic rings. The van der Waals surface area contributed by atoms with Crippen LogP contribution in [-0.4, -0.2) is 43.1 Å². The zero-order chi connectivity index (χ0) is 25.3. The molecular formula is C27H29IO7. The van der Waals surface area contributed by atoms with Crippen LogP contribution in [0.1, 0.15) is 45.1 Å². The number of methoxy groups -OCH3 is 1. The minimum Gasteiger partial charge on any atom is -0.472 e. The zero-order valence-electron chi connectivity index (χ0n) is 20.2. The Morgan fingerprint density at radius 1 is 1.31 bits per heavy atom. The molecule has 0 unspecified atom stereocenters. The predicted molar refractivity (Wildman–Crippen MR) is 134 cm³/mol. The molecule has 0 amide bonds. The van der Waals surface area contributed by atoms with Gasteiger partial charge in [0.2, 0.25) is 0 Å². The largest absolute Gasteiger partial charge is 0.472 e. The molecule has 0 spiro atoms. The fraction of sp³-hybridized carbons (Fsp3) is 0.519. The summed E-state index contributed by atoms with van der Waals surface area (Å²) in [6.07, 6.45) is 5.66. The van der Waals surface area contributed by atoms with Crippen LogP contribution >= 0.6 is 22.6 Å². The maximum atomic E-state index is 13.4. The van der Waals surface area contributed by atoms with Crippen molar-refractivity contribution in [1.29, 1.82) is 0 Å². The van der Waals surface area contributed by atoms with E-state index in [0.29, 0.717) is 12.0 Å². The van der Waals surface area contributed by atoms with Crippen LogP contribution in [0.5, 0.6) is 0 Å². The van der Waals surface area contributed by atoms with Gasteiger partial charge in [0.1, 0.15) is 12.2 Å². The molecule has 5 rings (SSSR count). The molecular weight excluding hydrogens is 563 g/mol. The van der Waals surface area contributed by atoms with Crippen LogP contribution in [0.2, 0.25) is 0 Å². The van der Waals surface area contributed by atoms with Crippen LogP contribution in [-0.2, 0) is 28.6 Å². The molecule has 3 aliphatic carbocycles. The number of rotatable bonds is 5. The average molecular weight is 592 g/mol. The van der Waals surface area contributed by atoms with Gasteiger partial charge in [-0.05, 0) is 66.1 Å². The summed E-state index contributed by atoms with van der Waals surface area (Å²) in [5, 5.41) is 0. The Hall–Kier alpha value is -2.20. The molecule has 2 fully saturated rings. The normalized spacial score (nSPS) is 40.2. The van der Waals surface area contributed by atoms with Gasteiger partial charge >= 0.3 is 11.9 Å². The molecule has 1 aromatic heterocycles. The molecule has 35 heavy (non-hydrogen) atoms. The van der Waals surface area contributed by atoms with Gasteiger partial charge in [0, 0.05) is 26.7 Å². The zero-order valence-corrected chi connectivity index (χ0v) is 22.4. The Bertz CT molecular complexity index is 1160. The summed E-state index contributed by atoms with van der Waals surface area (Å²) in [4.78, 5) is 38.9. The number of furan rings is 1. The summed E-state index contributed by atoms with van der Waals surface area (Å²) in [7, 11) is 1.33. The summed E-state index contributed by atoms with van der Waals surface area (Å²) < 4.78 is 24.0. The first-order valence-electron chi connectivity index (χ1n) is 11.8. The summed E-state index contributed by atoms with van der Waals surface area (Å²) in [5.74, 6) is -1.83. The number of hydrogen-bond donors (Lipinski definition) is 0. The van der Waals surface area contributed by atoms with Crippen molar-refractivity contribution < 1.29 is 33.0 Å². The number of esters is 2. The van der Waals surface area contributed by atoms with Gasteiger partial charge in [0.25, 0.3) is 0 Å². The number of halogens is 1. The minimum atomic E-state index is -1.04. The Morgan fingerprint density at radius 3 is 2.71 bits per heavy atom. The van der Waals surface area contributed by atoms with E-state index in [9.17, 15) is 14.4 Å². The van der Waals surface area contributed by atoms with Gasteiger partial charge in [0.05, 0.1) is 37.6 Å². The molecule has 0 bridgehead atoms. The van der Waals surface area contributed by atoms with Gasteiger partial charge in [-0.3, -0.25) is 14.4 Å². The highest BCUT2D eigenvalue weighted by molar-refractivity contribution is 14.1. The van der Waals surface area contributed by atoms with Crippen molar-refractivity contribution in [2.24, 2.45) is 22.7 Å². The minimum absolute atomic E-state index is 0.0208. The van der Waals surface area contributed by atoms with E-state index in [1.807, 2.05) is 13.0 Å². The third-order valence-corrected chi connectivity index (χ3v) is 10.3. The van der Waals surface area contributed by atoms with Crippen molar-refractivity contribution >= 4 is 40.3 Å². The molecule has 7 nitrogen and oxygen atoms in total. The molecule has 1 aliphatic heterocycles. The quantitative estimate of drug-likeness (QED) is 0.279. The van der Waals surface area contributed by atoms with Crippen molar-refractivity contribution in [2.45, 2.75) is 57.8 Å². The van der Waals surface area contributed by atoms with Gasteiger partial charge in [-0.2, -0.15) is 0 Å². The van der Waals surface area contributed by atoms with Gasteiger partial charge in [-0.15, -0.1) is 0 Å². The Balaban J connectivity index is 1.53. The van der Waals surface area contributed by atoms with E-state index in [4.69, 9.17) is 18.6 Å². The molecule has 1 saturated heterocycles. The monoisotopic (exact) mass is 592 g/mol. The highest BCUT2D eigenvalue weighted by Gasteiger charge is 2.71. The first-order valence-corrected chi connectivity index (χ1v) is 12.9. The van der Waals surface area contributed by atoms with Crippen LogP contribution in [0.15, 0.2) is 56.5 Å². The lowest BCUT2D eigenvalue weighted by molar-refractivity contribution is -0.161. The van der Waals surface area contributed by atoms with Crippen LogP contribution in [0, 0.1) is 22.7 Å². The fourth-order valence-corrected chi connectivity index (χ4v) is 7.52. The van der Waals surface area contributed by atoms with Crippen molar-refractivity contribution in [3.8, 4) is 0 Å². The first kappa shape index (κ1) is 24.5. The van der Waals surface area contributed by atoms with Crippen molar-refractivity contribution in [3.63, 3.8) is 0 Å². The third-order valence-electron chi connectivity index (χ3n) is 8.74. The van der Waals surface area contributed by atoms with Gasteiger partial charge in [-0.1, -0.05) is 25.2 Å². The smallest absolute Gasteiger partial charge is 0.316 e. The predicted octanol–water partition coefficient (Wildman–Crippen LogP) is 4.67. The lowest BCUT2D eigenvalue weighted by Crippen LogP contribution is -2.61. The second-order valence-electron chi connectivity index (χ2n) is 10.4. The van der Waals surface area contributed by atoms with E-state index >= 15 is 0 Å². The van der Waals surface area contributed by atoms with Crippen molar-refractivity contribution in [3.05, 3.63) is 57.6 Å². The lowest BCUT2D eigenvalue weighted by atomic mass is 9.47. The van der Waals surface area contributed by atoms with Crippen molar-refractivity contribution in [1.82, 2.24) is 0 Å². The molecule has 2 heterocycles. The van der Waals surface area contributed by atoms with E-state index in [-0.39, 0.29) is 30.2 Å². The van der Waals surface area contributed by atoms with Crippen LogP contribution in [0.4, 0.5) is 0 Å². The number of carbonyl (C=O) groups is 3. The number of allylic oxidation sites excluding steroid dienone is 2. The highest BCUT2D eigenvalue weighted by atomic mass is 127. The second kappa shape index (κ2) is 8.44. The number of ether oxygens (including phenoxy) is 3. The van der Waals surface area contributed by atoms with E-state index in [2.05, 4.69) is 36.1 Å². The summed E-state index contributed by atoms with van der Waals surface area (Å²) in [6, 6.07) is 1.96. The summed E-state index contributed by atoms with van der Waals surface area (Å²) >= 11 is 2.32. The SMILES string of the molecule is C=C1[C@H](O[C@H]2C[C@H](c3ccoc3)C(C)=C2I)[C@@H]2OC(=O)[C@]3(C)C=CC(=O)[C@@](C)([C@@H]23)[C@H]1CC(=O)OC. The molecule has 186 valence electrons. The van der Waals surface area contributed by atoms with Crippen molar-refractivity contribution in [2.75, 3.05) is 7.11 Å². The molecule has 0 radical (unpaired) electrons. The Labute approximate surface area is 218 Å². The summed E-state index contributed by atoms with van der Waals surface area (Å²) in [6.45, 7) is 10.0. The van der Waals surface area contributed by atoms with Gasteiger partial charge in [0.15, 0.2) is 5.78 Å². The lowest BCUT2D eigenvalue weighted by Gasteiger charge is -2.54. The maximum absolute atomic E-state index is 13.4. The maximum Gasteiger partial charge on any atom is 0.316 e. The molecule has 0 aromatic carbocycles. The van der Waals surface area contributed by atoms with E-state index < -0.39 is 40.8 Å². The molecule has 8 heteroatoms. The topological polar surface area (TPSA) is 92.0 Å². The first-order chi connectivity index (χ1) is 16.5. The summed E-state index contributed by atoms with van der Waals surface area (Å²) in [5.41, 5.74) is 0.855. The Kier molecular flexibility index (Phi) is 5.90. The highest BCUT2D eigenvalue weighted by Crippen LogP contribution is 2.63. The van der Waals surface area contributed by atoms with Gasteiger partial charge in [-0.25, -0.2) is 0 Å².